The molecule has 0 unspecified atom stereocenters. The minimum absolute atomic E-state index is 0.412. The van der Waals surface area contributed by atoms with Crippen molar-refractivity contribution in [2.75, 3.05) is 12.8 Å². The number of allylic oxidation sites excluding steroid dienone is 1. The second kappa shape index (κ2) is 7.04. The van der Waals surface area contributed by atoms with E-state index < -0.39 is 0 Å². The van der Waals surface area contributed by atoms with E-state index in [4.69, 9.17) is 11.5 Å². The maximum atomic E-state index is 5.77. The number of aromatic nitrogens is 5. The number of fused-ring (bicyclic) bond motifs is 2. The highest BCUT2D eigenvalue weighted by Gasteiger charge is 2.10. The standard InChI is InChI=1S/C18H16N8S/c1-21-9-13(8-19)12-6-11-7-14(2-3-15(11)22-10-12)27-18-24-23-17-5-4-16(20)25-26(17)18/h2-10H,19H2,1H3,(H2,20,25). The Balaban J connectivity index is 1.72. The summed E-state index contributed by atoms with van der Waals surface area (Å²) in [6.07, 6.45) is 5.01. The SMILES string of the molecule is CN=CC(=CN)c1cnc2ccc(Sc3nnc4ccc(N)nn34)cc2c1. The lowest BCUT2D eigenvalue weighted by atomic mass is 10.1. The molecule has 0 aliphatic heterocycles. The summed E-state index contributed by atoms with van der Waals surface area (Å²) in [6, 6.07) is 11.5. The second-order valence-corrected chi connectivity index (χ2v) is 6.74. The van der Waals surface area contributed by atoms with Crippen molar-refractivity contribution in [3.05, 3.63) is 54.4 Å². The Bertz CT molecular complexity index is 1190. The molecule has 0 saturated heterocycles. The highest BCUT2D eigenvalue weighted by atomic mass is 32.2. The summed E-state index contributed by atoms with van der Waals surface area (Å²) in [6.45, 7) is 0. The molecule has 134 valence electrons. The molecular formula is C18H16N8S. The van der Waals surface area contributed by atoms with Crippen molar-refractivity contribution < 1.29 is 0 Å². The predicted molar refractivity (Wildman–Crippen MR) is 108 cm³/mol. The van der Waals surface area contributed by atoms with Crippen molar-refractivity contribution in [3.8, 4) is 0 Å². The Morgan fingerprint density at radius 2 is 2.07 bits per heavy atom. The van der Waals surface area contributed by atoms with Gasteiger partial charge in [0.05, 0.1) is 5.52 Å². The maximum absolute atomic E-state index is 5.77. The first-order valence-corrected chi connectivity index (χ1v) is 8.89. The fourth-order valence-corrected chi connectivity index (χ4v) is 3.47. The van der Waals surface area contributed by atoms with Crippen LogP contribution in [0, 0.1) is 0 Å². The molecule has 1 aromatic carbocycles. The average Bonchev–Trinajstić information content (AvgIpc) is 3.07. The van der Waals surface area contributed by atoms with Gasteiger partial charge in [0.1, 0.15) is 5.82 Å². The molecule has 0 radical (unpaired) electrons. The lowest BCUT2D eigenvalue weighted by molar-refractivity contribution is 0.815. The van der Waals surface area contributed by atoms with Crippen molar-refractivity contribution in [2.45, 2.75) is 10.1 Å². The summed E-state index contributed by atoms with van der Waals surface area (Å²) in [4.78, 5) is 9.52. The van der Waals surface area contributed by atoms with E-state index in [-0.39, 0.29) is 0 Å². The number of benzene rings is 1. The molecule has 0 spiro atoms. The quantitative estimate of drug-likeness (QED) is 0.525. The van der Waals surface area contributed by atoms with Gasteiger partial charge in [-0.15, -0.1) is 15.3 Å². The van der Waals surface area contributed by atoms with Crippen molar-refractivity contribution in [1.82, 2.24) is 24.8 Å². The van der Waals surface area contributed by atoms with Gasteiger partial charge in [0.2, 0.25) is 5.16 Å². The molecular weight excluding hydrogens is 360 g/mol. The van der Waals surface area contributed by atoms with E-state index in [0.29, 0.717) is 16.6 Å². The molecule has 3 aromatic heterocycles. The third-order valence-electron chi connectivity index (χ3n) is 3.90. The van der Waals surface area contributed by atoms with Crippen LogP contribution in [-0.2, 0) is 0 Å². The topological polar surface area (TPSA) is 120 Å². The zero-order valence-corrected chi connectivity index (χ0v) is 15.3. The highest BCUT2D eigenvalue weighted by Crippen LogP contribution is 2.29. The number of pyridine rings is 1. The summed E-state index contributed by atoms with van der Waals surface area (Å²) in [7, 11) is 1.70. The molecule has 9 heteroatoms. The van der Waals surface area contributed by atoms with Crippen LogP contribution < -0.4 is 11.5 Å². The van der Waals surface area contributed by atoms with Crippen LogP contribution in [0.25, 0.3) is 22.1 Å². The molecule has 8 nitrogen and oxygen atoms in total. The van der Waals surface area contributed by atoms with Gasteiger partial charge < -0.3 is 11.5 Å². The Hall–Kier alpha value is -3.46. The minimum Gasteiger partial charge on any atom is -0.404 e. The first kappa shape index (κ1) is 17.0. The summed E-state index contributed by atoms with van der Waals surface area (Å²) < 4.78 is 1.63. The number of anilines is 1. The molecule has 0 aliphatic rings. The largest absolute Gasteiger partial charge is 0.404 e. The van der Waals surface area contributed by atoms with Gasteiger partial charge in [-0.3, -0.25) is 9.98 Å². The number of nitrogen functional groups attached to an aromatic ring is 1. The third kappa shape index (κ3) is 3.32. The van der Waals surface area contributed by atoms with Gasteiger partial charge in [0.15, 0.2) is 5.65 Å². The Kier molecular flexibility index (Phi) is 4.43. The summed E-state index contributed by atoms with van der Waals surface area (Å²) in [5.41, 5.74) is 14.7. The van der Waals surface area contributed by atoms with E-state index in [1.54, 1.807) is 36.1 Å². The molecule has 0 saturated carbocycles. The zero-order chi connectivity index (χ0) is 18.8. The van der Waals surface area contributed by atoms with Gasteiger partial charge in [-0.05, 0) is 48.2 Å². The van der Waals surface area contributed by atoms with E-state index in [2.05, 4.69) is 25.3 Å². The lowest BCUT2D eigenvalue weighted by Crippen LogP contribution is -1.98. The first-order chi connectivity index (χ1) is 13.2. The molecule has 4 aromatic rings. The molecule has 0 bridgehead atoms. The van der Waals surface area contributed by atoms with E-state index in [9.17, 15) is 0 Å². The van der Waals surface area contributed by atoms with Crippen molar-refractivity contribution in [1.29, 1.82) is 0 Å². The smallest absolute Gasteiger partial charge is 0.217 e. The number of hydrogen-bond donors (Lipinski definition) is 2. The number of rotatable bonds is 4. The average molecular weight is 376 g/mol. The molecule has 0 atom stereocenters. The molecule has 3 heterocycles. The summed E-state index contributed by atoms with van der Waals surface area (Å²) >= 11 is 1.46. The van der Waals surface area contributed by atoms with E-state index in [0.717, 1.165) is 26.9 Å². The van der Waals surface area contributed by atoms with Crippen LogP contribution in [0.5, 0.6) is 0 Å². The van der Waals surface area contributed by atoms with Gasteiger partial charge in [0, 0.05) is 47.1 Å². The Morgan fingerprint density at radius 3 is 2.89 bits per heavy atom. The van der Waals surface area contributed by atoms with Gasteiger partial charge in [-0.25, -0.2) is 0 Å². The van der Waals surface area contributed by atoms with Crippen LogP contribution in [0.3, 0.4) is 0 Å². The molecule has 4 N–H and O–H groups in total. The fourth-order valence-electron chi connectivity index (χ4n) is 2.64. The molecule has 0 amide bonds. The van der Waals surface area contributed by atoms with Gasteiger partial charge >= 0.3 is 0 Å². The van der Waals surface area contributed by atoms with Crippen molar-refractivity contribution >= 4 is 45.9 Å². The van der Waals surface area contributed by atoms with Gasteiger partial charge in [0.25, 0.3) is 0 Å². The van der Waals surface area contributed by atoms with Crippen LogP contribution in [-0.4, -0.2) is 38.1 Å². The monoisotopic (exact) mass is 376 g/mol. The van der Waals surface area contributed by atoms with E-state index >= 15 is 0 Å². The Labute approximate surface area is 159 Å². The summed E-state index contributed by atoms with van der Waals surface area (Å²) in [5.74, 6) is 0.412. The molecule has 27 heavy (non-hydrogen) atoms. The number of hydrogen-bond acceptors (Lipinski definition) is 8. The van der Waals surface area contributed by atoms with Gasteiger partial charge in [-0.2, -0.15) is 4.52 Å². The van der Waals surface area contributed by atoms with E-state index in [1.807, 2.05) is 24.3 Å². The molecule has 0 aliphatic carbocycles. The first-order valence-electron chi connectivity index (χ1n) is 8.08. The number of nitrogens with two attached hydrogens (primary N) is 2. The van der Waals surface area contributed by atoms with Crippen LogP contribution in [0.1, 0.15) is 5.56 Å². The maximum Gasteiger partial charge on any atom is 0.217 e. The lowest BCUT2D eigenvalue weighted by Gasteiger charge is -2.05. The van der Waals surface area contributed by atoms with Crippen LogP contribution in [0.2, 0.25) is 0 Å². The minimum atomic E-state index is 0.412. The van der Waals surface area contributed by atoms with Crippen LogP contribution in [0.15, 0.2) is 63.8 Å². The fraction of sp³-hybridized carbons (Fsp3) is 0.0556. The Morgan fingerprint density at radius 1 is 1.19 bits per heavy atom. The molecule has 4 rings (SSSR count). The zero-order valence-electron chi connectivity index (χ0n) is 14.4. The number of aliphatic imine (C=N–C) groups is 1. The van der Waals surface area contributed by atoms with E-state index in [1.165, 1.54) is 18.0 Å². The summed E-state index contributed by atoms with van der Waals surface area (Å²) in [5, 5.41) is 14.2. The van der Waals surface area contributed by atoms with Crippen molar-refractivity contribution in [3.63, 3.8) is 0 Å². The van der Waals surface area contributed by atoms with Crippen LogP contribution >= 0.6 is 11.8 Å². The van der Waals surface area contributed by atoms with Crippen molar-refractivity contribution in [2.24, 2.45) is 10.7 Å². The second-order valence-electron chi connectivity index (χ2n) is 5.70. The predicted octanol–water partition coefficient (Wildman–Crippen LogP) is 2.41. The number of nitrogens with zero attached hydrogens (tertiary/aromatic N) is 6. The van der Waals surface area contributed by atoms with Gasteiger partial charge in [-0.1, -0.05) is 0 Å². The normalized spacial score (nSPS) is 12.4. The highest BCUT2D eigenvalue weighted by molar-refractivity contribution is 7.99. The van der Waals surface area contributed by atoms with Crippen LogP contribution in [0.4, 0.5) is 5.82 Å². The molecule has 0 fully saturated rings. The third-order valence-corrected chi connectivity index (χ3v) is 4.82.